The number of amides is 1. The zero-order valence-electron chi connectivity index (χ0n) is 16.8. The molecule has 29 heavy (non-hydrogen) atoms. The van der Waals surface area contributed by atoms with Gasteiger partial charge in [0.1, 0.15) is 6.54 Å². The fourth-order valence-electron chi connectivity index (χ4n) is 2.60. The van der Waals surface area contributed by atoms with Crippen molar-refractivity contribution in [2.75, 3.05) is 23.7 Å². The van der Waals surface area contributed by atoms with Gasteiger partial charge in [0, 0.05) is 0 Å². The number of phenolic OH excluding ortho intramolecular Hbond substituents is 1. The molecule has 0 aromatic heterocycles. The second kappa shape index (κ2) is 9.42. The van der Waals surface area contributed by atoms with Crippen molar-refractivity contribution in [1.82, 2.24) is 5.43 Å². The van der Waals surface area contributed by atoms with Gasteiger partial charge in [-0.1, -0.05) is 12.1 Å². The first-order chi connectivity index (χ1) is 13.6. The van der Waals surface area contributed by atoms with Crippen molar-refractivity contribution in [3.05, 3.63) is 53.1 Å². The maximum Gasteiger partial charge on any atom is 0.260 e. The third-order valence-corrected chi connectivity index (χ3v) is 5.13. The van der Waals surface area contributed by atoms with E-state index in [1.165, 1.54) is 12.3 Å². The van der Waals surface area contributed by atoms with Gasteiger partial charge in [0.25, 0.3) is 5.91 Å². The fourth-order valence-corrected chi connectivity index (χ4v) is 3.50. The Morgan fingerprint density at radius 1 is 1.24 bits per heavy atom. The predicted octanol–water partition coefficient (Wildman–Crippen LogP) is 2.32. The Labute approximate surface area is 170 Å². The molecule has 0 fully saturated rings. The Kier molecular flexibility index (Phi) is 7.22. The third-order valence-electron chi connectivity index (χ3n) is 4.01. The first-order valence-corrected chi connectivity index (χ1v) is 10.8. The molecule has 2 N–H and O–H groups in total. The van der Waals surface area contributed by atoms with E-state index >= 15 is 0 Å². The molecular formula is C20H25N3O5S. The molecule has 0 bridgehead atoms. The highest BCUT2D eigenvalue weighted by molar-refractivity contribution is 7.92. The summed E-state index contributed by atoms with van der Waals surface area (Å²) in [7, 11) is -3.67. The number of carbonyl (C=O) groups excluding carboxylic acids is 1. The van der Waals surface area contributed by atoms with Crippen LogP contribution in [0.15, 0.2) is 41.5 Å². The molecule has 2 aromatic carbocycles. The maximum atomic E-state index is 12.3. The average Bonchev–Trinajstić information content (AvgIpc) is 2.64. The smallest absolute Gasteiger partial charge is 0.260 e. The summed E-state index contributed by atoms with van der Waals surface area (Å²) in [6, 6.07) is 10.0. The van der Waals surface area contributed by atoms with Gasteiger partial charge in [0.2, 0.25) is 10.0 Å². The highest BCUT2D eigenvalue weighted by Gasteiger charge is 2.22. The van der Waals surface area contributed by atoms with E-state index < -0.39 is 22.5 Å². The van der Waals surface area contributed by atoms with E-state index in [2.05, 4.69) is 10.5 Å². The van der Waals surface area contributed by atoms with Crippen molar-refractivity contribution >= 4 is 27.8 Å². The van der Waals surface area contributed by atoms with Crippen molar-refractivity contribution < 1.29 is 23.1 Å². The minimum atomic E-state index is -3.67. The summed E-state index contributed by atoms with van der Waals surface area (Å²) in [5.74, 6) is -0.275. The number of hydrazone groups is 1. The Morgan fingerprint density at radius 2 is 1.97 bits per heavy atom. The molecule has 0 aliphatic rings. The van der Waals surface area contributed by atoms with Gasteiger partial charge in [-0.15, -0.1) is 0 Å². The van der Waals surface area contributed by atoms with Gasteiger partial charge in [0.05, 0.1) is 24.8 Å². The summed E-state index contributed by atoms with van der Waals surface area (Å²) in [5.41, 5.74) is 5.00. The number of benzene rings is 2. The summed E-state index contributed by atoms with van der Waals surface area (Å²) in [6.07, 6.45) is 2.43. The second-order valence-corrected chi connectivity index (χ2v) is 8.42. The predicted molar refractivity (Wildman–Crippen MR) is 113 cm³/mol. The zero-order chi connectivity index (χ0) is 21.6. The van der Waals surface area contributed by atoms with Crippen LogP contribution in [0.4, 0.5) is 5.69 Å². The summed E-state index contributed by atoms with van der Waals surface area (Å²) < 4.78 is 30.8. The van der Waals surface area contributed by atoms with Crippen LogP contribution < -0.4 is 14.5 Å². The normalized spacial score (nSPS) is 11.4. The molecule has 0 saturated heterocycles. The molecule has 2 aromatic rings. The molecule has 0 spiro atoms. The van der Waals surface area contributed by atoms with Crippen LogP contribution >= 0.6 is 0 Å². The quantitative estimate of drug-likeness (QED) is 0.504. The van der Waals surface area contributed by atoms with Gasteiger partial charge in [-0.25, -0.2) is 13.8 Å². The Morgan fingerprint density at radius 3 is 2.62 bits per heavy atom. The summed E-state index contributed by atoms with van der Waals surface area (Å²) in [4.78, 5) is 12.3. The number of nitrogens with one attached hydrogen (secondary N) is 1. The van der Waals surface area contributed by atoms with Crippen molar-refractivity contribution in [3.8, 4) is 11.5 Å². The lowest BCUT2D eigenvalue weighted by atomic mass is 10.1. The molecule has 0 saturated carbocycles. The number of aromatic hydroxyl groups is 1. The highest BCUT2D eigenvalue weighted by Crippen LogP contribution is 2.26. The Balaban J connectivity index is 2.12. The van der Waals surface area contributed by atoms with Gasteiger partial charge < -0.3 is 9.84 Å². The van der Waals surface area contributed by atoms with Crippen LogP contribution in [0.2, 0.25) is 0 Å². The van der Waals surface area contributed by atoms with Crippen LogP contribution in [0, 0.1) is 13.8 Å². The van der Waals surface area contributed by atoms with Crippen molar-refractivity contribution in [1.29, 1.82) is 0 Å². The SMILES string of the molecule is CCOc1cc(/C=N\NC(=O)CN(c2cc(C)ccc2C)S(C)(=O)=O)ccc1O. The van der Waals surface area contributed by atoms with E-state index in [-0.39, 0.29) is 5.75 Å². The lowest BCUT2D eigenvalue weighted by molar-refractivity contribution is -0.119. The second-order valence-electron chi connectivity index (χ2n) is 6.51. The Hall–Kier alpha value is -3.07. The molecule has 0 aliphatic heterocycles. The number of rotatable bonds is 8. The number of hydrogen-bond acceptors (Lipinski definition) is 6. The summed E-state index contributed by atoms with van der Waals surface area (Å²) in [5, 5.41) is 13.6. The first kappa shape index (κ1) is 22.2. The highest BCUT2D eigenvalue weighted by atomic mass is 32.2. The number of sulfonamides is 1. The largest absolute Gasteiger partial charge is 0.504 e. The number of hydrogen-bond donors (Lipinski definition) is 2. The van der Waals surface area contributed by atoms with Crippen LogP contribution in [0.5, 0.6) is 11.5 Å². The van der Waals surface area contributed by atoms with Crippen LogP contribution in [0.1, 0.15) is 23.6 Å². The average molecular weight is 420 g/mol. The van der Waals surface area contributed by atoms with E-state index in [9.17, 15) is 18.3 Å². The number of anilines is 1. The first-order valence-electron chi connectivity index (χ1n) is 8.94. The van der Waals surface area contributed by atoms with E-state index in [0.717, 1.165) is 21.7 Å². The molecular weight excluding hydrogens is 394 g/mol. The molecule has 0 atom stereocenters. The molecule has 156 valence electrons. The fraction of sp³-hybridized carbons (Fsp3) is 0.300. The molecule has 0 radical (unpaired) electrons. The van der Waals surface area contributed by atoms with E-state index in [1.54, 1.807) is 38.1 Å². The minimum Gasteiger partial charge on any atom is -0.504 e. The van der Waals surface area contributed by atoms with Crippen LogP contribution in [0.3, 0.4) is 0 Å². The van der Waals surface area contributed by atoms with Crippen molar-refractivity contribution in [2.45, 2.75) is 20.8 Å². The number of phenols is 1. The molecule has 2 rings (SSSR count). The van der Waals surface area contributed by atoms with Gasteiger partial charge in [-0.2, -0.15) is 5.10 Å². The minimum absolute atomic E-state index is 0.00496. The monoisotopic (exact) mass is 419 g/mol. The van der Waals surface area contributed by atoms with Gasteiger partial charge in [-0.3, -0.25) is 9.10 Å². The van der Waals surface area contributed by atoms with Gasteiger partial charge in [-0.05, 0) is 61.7 Å². The summed E-state index contributed by atoms with van der Waals surface area (Å²) in [6.45, 7) is 5.42. The maximum absolute atomic E-state index is 12.3. The van der Waals surface area contributed by atoms with Gasteiger partial charge >= 0.3 is 0 Å². The van der Waals surface area contributed by atoms with E-state index in [1.807, 2.05) is 13.0 Å². The Bertz CT molecular complexity index is 1020. The third kappa shape index (κ3) is 6.21. The molecule has 8 nitrogen and oxygen atoms in total. The number of ether oxygens (including phenoxy) is 1. The number of carbonyl (C=O) groups is 1. The molecule has 1 amide bonds. The topological polar surface area (TPSA) is 108 Å². The zero-order valence-corrected chi connectivity index (χ0v) is 17.7. The molecule has 0 unspecified atom stereocenters. The van der Waals surface area contributed by atoms with Crippen molar-refractivity contribution in [3.63, 3.8) is 0 Å². The number of aryl methyl sites for hydroxylation is 2. The molecule has 9 heteroatoms. The van der Waals surface area contributed by atoms with Crippen LogP contribution in [-0.4, -0.2) is 45.1 Å². The standard InChI is InChI=1S/C20H25N3O5S/c1-5-28-19-11-16(8-9-18(19)24)12-21-22-20(25)13-23(29(4,26)27)17-10-14(2)6-7-15(17)3/h6-12,24H,5,13H2,1-4H3,(H,22,25)/b21-12-. The van der Waals surface area contributed by atoms with Gasteiger partial charge in [0.15, 0.2) is 11.5 Å². The van der Waals surface area contributed by atoms with Crippen LogP contribution in [0.25, 0.3) is 0 Å². The number of nitrogens with zero attached hydrogens (tertiary/aromatic N) is 2. The molecule has 0 heterocycles. The van der Waals surface area contributed by atoms with Crippen molar-refractivity contribution in [2.24, 2.45) is 5.10 Å². The molecule has 0 aliphatic carbocycles. The lowest BCUT2D eigenvalue weighted by Crippen LogP contribution is -2.39. The van der Waals surface area contributed by atoms with E-state index in [0.29, 0.717) is 23.6 Å². The lowest BCUT2D eigenvalue weighted by Gasteiger charge is -2.23. The van der Waals surface area contributed by atoms with E-state index in [4.69, 9.17) is 4.74 Å². The summed E-state index contributed by atoms with van der Waals surface area (Å²) >= 11 is 0. The van der Waals surface area contributed by atoms with Crippen LogP contribution in [-0.2, 0) is 14.8 Å².